The number of allylic oxidation sites excluding steroid dienone is 2. The molecule has 0 fully saturated rings. The summed E-state index contributed by atoms with van der Waals surface area (Å²) in [5.41, 5.74) is 11.4. The van der Waals surface area contributed by atoms with Crippen molar-refractivity contribution in [3.63, 3.8) is 0 Å². The lowest BCUT2D eigenvalue weighted by atomic mass is 9.91. The average Bonchev–Trinajstić information content (AvgIpc) is 1.99. The minimum atomic E-state index is -4.27. The maximum Gasteiger partial charge on any atom is 0.274 e. The van der Waals surface area contributed by atoms with Gasteiger partial charge in [-0.25, -0.2) is 0 Å². The van der Waals surface area contributed by atoms with Crippen LogP contribution in [-0.4, -0.2) is 23.9 Å². The number of nitrogens with two attached hydrogens (primary N) is 2. The Morgan fingerprint density at radius 1 is 1.53 bits per heavy atom. The summed E-state index contributed by atoms with van der Waals surface area (Å²) in [4.78, 5) is 0. The van der Waals surface area contributed by atoms with Gasteiger partial charge >= 0.3 is 0 Å². The summed E-state index contributed by atoms with van der Waals surface area (Å²) in [5.74, 6) is 0. The van der Waals surface area contributed by atoms with Crippen LogP contribution in [0.5, 0.6) is 0 Å². The molecule has 15 heavy (non-hydrogen) atoms. The monoisotopic (exact) mass is 232 g/mol. The molecular formula is C9H16N2O3S. The van der Waals surface area contributed by atoms with Crippen LogP contribution < -0.4 is 11.5 Å². The van der Waals surface area contributed by atoms with Gasteiger partial charge in [-0.3, -0.25) is 4.55 Å². The zero-order valence-electron chi connectivity index (χ0n) is 8.77. The zero-order valence-corrected chi connectivity index (χ0v) is 9.58. The van der Waals surface area contributed by atoms with Gasteiger partial charge in [0.05, 0.1) is 0 Å². The zero-order chi connectivity index (χ0) is 11.9. The van der Waals surface area contributed by atoms with Crippen LogP contribution in [0, 0.1) is 0 Å². The molecule has 5 nitrogen and oxygen atoms in total. The second-order valence-electron chi connectivity index (χ2n) is 3.81. The Labute approximate surface area is 89.6 Å². The SMILES string of the molecule is CCC1=CC(S(=O)(=O)O)C(N)(N)C=C1C. The van der Waals surface area contributed by atoms with E-state index in [4.69, 9.17) is 16.0 Å². The molecule has 0 radical (unpaired) electrons. The van der Waals surface area contributed by atoms with Crippen molar-refractivity contribution in [3.8, 4) is 0 Å². The van der Waals surface area contributed by atoms with E-state index in [1.54, 1.807) is 0 Å². The predicted molar refractivity (Wildman–Crippen MR) is 58.6 cm³/mol. The van der Waals surface area contributed by atoms with Crippen molar-refractivity contribution in [2.45, 2.75) is 31.2 Å². The van der Waals surface area contributed by atoms with E-state index in [1.807, 2.05) is 13.8 Å². The van der Waals surface area contributed by atoms with Crippen molar-refractivity contribution >= 4 is 10.1 Å². The molecule has 86 valence electrons. The highest BCUT2D eigenvalue weighted by molar-refractivity contribution is 7.86. The lowest BCUT2D eigenvalue weighted by Crippen LogP contribution is -2.60. The first kappa shape index (κ1) is 12.4. The van der Waals surface area contributed by atoms with Gasteiger partial charge in [-0.05, 0) is 30.6 Å². The van der Waals surface area contributed by atoms with Gasteiger partial charge < -0.3 is 11.5 Å². The first-order valence-electron chi connectivity index (χ1n) is 4.63. The van der Waals surface area contributed by atoms with Crippen LogP contribution >= 0.6 is 0 Å². The van der Waals surface area contributed by atoms with E-state index >= 15 is 0 Å². The molecule has 0 aromatic rings. The molecule has 0 saturated carbocycles. The van der Waals surface area contributed by atoms with Crippen LogP contribution in [0.15, 0.2) is 23.3 Å². The third kappa shape index (κ3) is 2.46. The average molecular weight is 232 g/mol. The van der Waals surface area contributed by atoms with Crippen molar-refractivity contribution in [2.24, 2.45) is 11.5 Å². The smallest absolute Gasteiger partial charge is 0.274 e. The van der Waals surface area contributed by atoms with Crippen molar-refractivity contribution in [1.29, 1.82) is 0 Å². The number of hydrogen-bond donors (Lipinski definition) is 3. The third-order valence-corrected chi connectivity index (χ3v) is 3.71. The number of hydrogen-bond acceptors (Lipinski definition) is 4. The van der Waals surface area contributed by atoms with Crippen molar-refractivity contribution in [3.05, 3.63) is 23.3 Å². The van der Waals surface area contributed by atoms with Crippen molar-refractivity contribution in [1.82, 2.24) is 0 Å². The first-order valence-corrected chi connectivity index (χ1v) is 6.13. The molecule has 1 unspecified atom stereocenters. The van der Waals surface area contributed by atoms with Crippen molar-refractivity contribution in [2.75, 3.05) is 0 Å². The van der Waals surface area contributed by atoms with Gasteiger partial charge in [0.1, 0.15) is 10.9 Å². The van der Waals surface area contributed by atoms with E-state index in [2.05, 4.69) is 0 Å². The summed E-state index contributed by atoms with van der Waals surface area (Å²) in [6.07, 6.45) is 3.57. The molecule has 1 atom stereocenters. The van der Waals surface area contributed by atoms with Crippen LogP contribution in [0.3, 0.4) is 0 Å². The highest BCUT2D eigenvalue weighted by Gasteiger charge is 2.39. The fourth-order valence-electron chi connectivity index (χ4n) is 1.75. The minimum Gasteiger partial charge on any atom is -0.309 e. The first-order chi connectivity index (χ1) is 6.68. The molecule has 0 spiro atoms. The van der Waals surface area contributed by atoms with Crippen LogP contribution in [0.25, 0.3) is 0 Å². The minimum absolute atomic E-state index is 0.671. The lowest BCUT2D eigenvalue weighted by Gasteiger charge is -2.32. The molecule has 0 aromatic heterocycles. The highest BCUT2D eigenvalue weighted by atomic mass is 32.2. The van der Waals surface area contributed by atoms with Gasteiger partial charge in [-0.15, -0.1) is 0 Å². The molecule has 1 aliphatic rings. The van der Waals surface area contributed by atoms with Gasteiger partial charge in [0.15, 0.2) is 0 Å². The molecule has 0 bridgehead atoms. The Morgan fingerprint density at radius 2 is 2.07 bits per heavy atom. The normalized spacial score (nSPS) is 25.8. The molecule has 0 amide bonds. The maximum atomic E-state index is 11.1. The maximum absolute atomic E-state index is 11.1. The van der Waals surface area contributed by atoms with Crippen molar-refractivity contribution < 1.29 is 13.0 Å². The van der Waals surface area contributed by atoms with Gasteiger partial charge in [-0.1, -0.05) is 13.0 Å². The lowest BCUT2D eigenvalue weighted by molar-refractivity contribution is 0.441. The van der Waals surface area contributed by atoms with E-state index in [0.29, 0.717) is 6.42 Å². The molecule has 1 rings (SSSR count). The predicted octanol–water partition coefficient (Wildman–Crippen LogP) is 0.153. The summed E-state index contributed by atoms with van der Waals surface area (Å²) < 4.78 is 31.2. The summed E-state index contributed by atoms with van der Waals surface area (Å²) in [7, 11) is -4.27. The van der Waals surface area contributed by atoms with Gasteiger partial charge in [0.25, 0.3) is 10.1 Å². The van der Waals surface area contributed by atoms with Crippen LogP contribution in [-0.2, 0) is 10.1 Å². The molecule has 0 heterocycles. The Hall–Kier alpha value is -0.690. The molecule has 0 saturated heterocycles. The Balaban J connectivity index is 3.26. The summed E-state index contributed by atoms with van der Waals surface area (Å²) >= 11 is 0. The summed E-state index contributed by atoms with van der Waals surface area (Å²) in [6, 6.07) is 0. The van der Waals surface area contributed by atoms with E-state index in [-0.39, 0.29) is 0 Å². The van der Waals surface area contributed by atoms with Crippen LogP contribution in [0.1, 0.15) is 20.3 Å². The Kier molecular flexibility index (Phi) is 3.06. The van der Waals surface area contributed by atoms with Crippen LogP contribution in [0.4, 0.5) is 0 Å². The fraction of sp³-hybridized carbons (Fsp3) is 0.556. The Morgan fingerprint density at radius 3 is 2.47 bits per heavy atom. The molecule has 5 N–H and O–H groups in total. The van der Waals surface area contributed by atoms with Gasteiger partial charge in [0, 0.05) is 0 Å². The van der Waals surface area contributed by atoms with E-state index in [9.17, 15) is 8.42 Å². The standard InChI is InChI=1S/C9H16N2O3S/c1-3-7-4-8(15(12,13)14)9(10,11)5-6(7)2/h4-5,8H,3,10-11H2,1-2H3,(H,12,13,14). The third-order valence-electron chi connectivity index (χ3n) is 2.52. The fourth-order valence-corrected chi connectivity index (χ4v) is 2.67. The molecule has 6 heteroatoms. The summed E-state index contributed by atoms with van der Waals surface area (Å²) in [5, 5.41) is -1.27. The summed E-state index contributed by atoms with van der Waals surface area (Å²) in [6.45, 7) is 3.70. The quantitative estimate of drug-likeness (QED) is 0.464. The topological polar surface area (TPSA) is 106 Å². The molecular weight excluding hydrogens is 216 g/mol. The second-order valence-corrected chi connectivity index (χ2v) is 5.35. The Bertz CT molecular complexity index is 421. The van der Waals surface area contributed by atoms with E-state index in [0.717, 1.165) is 11.1 Å². The largest absolute Gasteiger partial charge is 0.309 e. The highest BCUT2D eigenvalue weighted by Crippen LogP contribution is 2.27. The van der Waals surface area contributed by atoms with Crippen LogP contribution in [0.2, 0.25) is 0 Å². The molecule has 0 aliphatic heterocycles. The van der Waals surface area contributed by atoms with Gasteiger partial charge in [0.2, 0.25) is 0 Å². The van der Waals surface area contributed by atoms with Gasteiger partial charge in [-0.2, -0.15) is 8.42 Å². The molecule has 1 aliphatic carbocycles. The second kappa shape index (κ2) is 3.71. The molecule has 0 aromatic carbocycles. The van der Waals surface area contributed by atoms with E-state index < -0.39 is 21.0 Å². The number of rotatable bonds is 2. The van der Waals surface area contributed by atoms with E-state index in [1.165, 1.54) is 12.2 Å².